The first-order valence-electron chi connectivity index (χ1n) is 7.18. The zero-order valence-corrected chi connectivity index (χ0v) is 12.7. The molecule has 1 heterocycles. The summed E-state index contributed by atoms with van der Waals surface area (Å²) in [7, 11) is 0. The molecule has 4 nitrogen and oxygen atoms in total. The molecule has 0 spiro atoms. The molecule has 0 aliphatic heterocycles. The van der Waals surface area contributed by atoms with E-state index >= 15 is 0 Å². The molecule has 1 aliphatic rings. The van der Waals surface area contributed by atoms with E-state index in [4.69, 9.17) is 0 Å². The first kappa shape index (κ1) is 13.8. The monoisotopic (exact) mass is 291 g/mol. The van der Waals surface area contributed by atoms with Crippen molar-refractivity contribution < 1.29 is 0 Å². The van der Waals surface area contributed by atoms with E-state index in [1.807, 2.05) is 17.8 Å². The molecule has 3 N–H and O–H groups in total. The Hall–Kier alpha value is -1.20. The van der Waals surface area contributed by atoms with E-state index in [0.29, 0.717) is 12.1 Å². The molecular weight excluding hydrogens is 270 g/mol. The summed E-state index contributed by atoms with van der Waals surface area (Å²) < 4.78 is 0. The Bertz CT molecular complexity index is 648. The summed E-state index contributed by atoms with van der Waals surface area (Å²) in [5.74, 6) is 0. The van der Waals surface area contributed by atoms with Crippen LogP contribution in [0.4, 0.5) is 0 Å². The zero-order valence-electron chi connectivity index (χ0n) is 11.9. The highest BCUT2D eigenvalue weighted by Gasteiger charge is 2.27. The number of aromatic amines is 2. The van der Waals surface area contributed by atoms with Crippen molar-refractivity contribution in [1.29, 1.82) is 0 Å². The van der Waals surface area contributed by atoms with Crippen molar-refractivity contribution in [2.75, 3.05) is 6.26 Å². The van der Waals surface area contributed by atoms with Crippen molar-refractivity contribution in [2.24, 2.45) is 0 Å². The maximum atomic E-state index is 11.3. The van der Waals surface area contributed by atoms with Crippen molar-refractivity contribution in [3.8, 4) is 0 Å². The number of fused-ring (bicyclic) bond motifs is 1. The van der Waals surface area contributed by atoms with Gasteiger partial charge in [0.15, 0.2) is 0 Å². The highest BCUT2D eigenvalue weighted by atomic mass is 32.2. The fraction of sp³-hybridized carbons (Fsp3) is 0.533. The van der Waals surface area contributed by atoms with Gasteiger partial charge in [-0.2, -0.15) is 11.8 Å². The van der Waals surface area contributed by atoms with E-state index in [0.717, 1.165) is 16.3 Å². The minimum Gasteiger partial charge on any atom is -0.306 e. The van der Waals surface area contributed by atoms with Gasteiger partial charge in [-0.3, -0.25) is 0 Å². The molecule has 0 radical (unpaired) electrons. The second-order valence-electron chi connectivity index (χ2n) is 5.58. The molecule has 1 aliphatic carbocycles. The van der Waals surface area contributed by atoms with Crippen molar-refractivity contribution in [3.05, 3.63) is 34.2 Å². The third-order valence-electron chi connectivity index (χ3n) is 4.26. The summed E-state index contributed by atoms with van der Waals surface area (Å²) in [4.78, 5) is 16.9. The van der Waals surface area contributed by atoms with Gasteiger partial charge in [-0.15, -0.1) is 0 Å². The Balaban J connectivity index is 1.77. The summed E-state index contributed by atoms with van der Waals surface area (Å²) in [6, 6.07) is 7.03. The molecule has 1 aromatic heterocycles. The number of H-pyrrole nitrogens is 2. The molecule has 1 aromatic carbocycles. The first-order valence-corrected chi connectivity index (χ1v) is 8.47. The van der Waals surface area contributed by atoms with Crippen LogP contribution >= 0.6 is 11.8 Å². The van der Waals surface area contributed by atoms with Crippen LogP contribution in [-0.4, -0.2) is 27.5 Å². The highest BCUT2D eigenvalue weighted by Crippen LogP contribution is 2.30. The summed E-state index contributed by atoms with van der Waals surface area (Å²) in [5.41, 5.74) is 2.83. The summed E-state index contributed by atoms with van der Waals surface area (Å²) in [6.07, 6.45) is 6.10. The van der Waals surface area contributed by atoms with E-state index < -0.39 is 0 Å². The lowest BCUT2D eigenvalue weighted by molar-refractivity contribution is 0.468. The smallest absolute Gasteiger partial charge is 0.306 e. The third-order valence-corrected chi connectivity index (χ3v) is 5.43. The number of aromatic nitrogens is 2. The van der Waals surface area contributed by atoms with Gasteiger partial charge in [0.2, 0.25) is 0 Å². The normalized spacial score (nSPS) is 24.3. The second kappa shape index (κ2) is 5.66. The second-order valence-corrected chi connectivity index (χ2v) is 6.66. The van der Waals surface area contributed by atoms with E-state index in [1.54, 1.807) is 0 Å². The number of hydrogen-bond acceptors (Lipinski definition) is 3. The predicted octanol–water partition coefficient (Wildman–Crippen LogP) is 2.79. The Morgan fingerprint density at radius 3 is 2.90 bits per heavy atom. The molecule has 3 unspecified atom stereocenters. The maximum Gasteiger partial charge on any atom is 0.323 e. The molecule has 3 atom stereocenters. The van der Waals surface area contributed by atoms with E-state index in [-0.39, 0.29) is 5.69 Å². The van der Waals surface area contributed by atoms with Gasteiger partial charge in [0, 0.05) is 17.3 Å². The number of thioether (sulfide) groups is 1. The van der Waals surface area contributed by atoms with Crippen LogP contribution in [0, 0.1) is 0 Å². The van der Waals surface area contributed by atoms with E-state index in [9.17, 15) is 4.79 Å². The Kier molecular flexibility index (Phi) is 3.89. The number of rotatable bonds is 4. The minimum absolute atomic E-state index is 0.143. The molecule has 108 valence electrons. The number of nitrogens with one attached hydrogen (secondary N) is 3. The van der Waals surface area contributed by atoms with Crippen LogP contribution in [0.3, 0.4) is 0 Å². The fourth-order valence-corrected chi connectivity index (χ4v) is 4.08. The molecular formula is C15H21N3OS. The zero-order chi connectivity index (χ0) is 14.1. The molecule has 20 heavy (non-hydrogen) atoms. The Labute approximate surface area is 122 Å². The van der Waals surface area contributed by atoms with Crippen LogP contribution in [0.25, 0.3) is 11.0 Å². The largest absolute Gasteiger partial charge is 0.323 e. The van der Waals surface area contributed by atoms with E-state index in [2.05, 4.69) is 40.6 Å². The van der Waals surface area contributed by atoms with Gasteiger partial charge in [-0.1, -0.05) is 12.5 Å². The van der Waals surface area contributed by atoms with Gasteiger partial charge in [-0.25, -0.2) is 4.79 Å². The summed E-state index contributed by atoms with van der Waals surface area (Å²) >= 11 is 1.97. The molecule has 0 bridgehead atoms. The average molecular weight is 291 g/mol. The van der Waals surface area contributed by atoms with Crippen molar-refractivity contribution in [2.45, 2.75) is 43.5 Å². The fourth-order valence-electron chi connectivity index (χ4n) is 3.14. The SMILES string of the molecule is CSC1CCCC1NC(C)c1ccc2[nH]c(=O)[nH]c2c1. The lowest BCUT2D eigenvalue weighted by atomic mass is 10.1. The van der Waals surface area contributed by atoms with Gasteiger partial charge in [0.05, 0.1) is 11.0 Å². The van der Waals surface area contributed by atoms with Crippen molar-refractivity contribution in [3.63, 3.8) is 0 Å². The average Bonchev–Trinajstić information content (AvgIpc) is 3.02. The van der Waals surface area contributed by atoms with Gasteiger partial charge in [0.1, 0.15) is 0 Å². The lowest BCUT2D eigenvalue weighted by Gasteiger charge is -2.24. The Morgan fingerprint density at radius 1 is 1.30 bits per heavy atom. The number of benzene rings is 1. The maximum absolute atomic E-state index is 11.3. The first-order chi connectivity index (χ1) is 9.67. The predicted molar refractivity (Wildman–Crippen MR) is 85.4 cm³/mol. The Morgan fingerprint density at radius 2 is 2.10 bits per heavy atom. The van der Waals surface area contributed by atoms with Crippen LogP contribution < -0.4 is 11.0 Å². The highest BCUT2D eigenvalue weighted by molar-refractivity contribution is 7.99. The van der Waals surface area contributed by atoms with Crippen molar-refractivity contribution >= 4 is 22.8 Å². The summed E-state index contributed by atoms with van der Waals surface area (Å²) in [6.45, 7) is 2.20. The number of hydrogen-bond donors (Lipinski definition) is 3. The van der Waals surface area contributed by atoms with Gasteiger partial charge in [0.25, 0.3) is 0 Å². The van der Waals surface area contributed by atoms with Gasteiger partial charge < -0.3 is 15.3 Å². The molecule has 0 saturated heterocycles. The molecule has 0 amide bonds. The topological polar surface area (TPSA) is 60.7 Å². The standard InChI is InChI=1S/C15H21N3OS/c1-9(16-12-4-3-5-14(12)20-2)10-6-7-11-13(8-10)18-15(19)17-11/h6-9,12,14,16H,3-5H2,1-2H3,(H2,17,18,19). The molecule has 1 fully saturated rings. The van der Waals surface area contributed by atoms with Gasteiger partial charge >= 0.3 is 5.69 Å². The van der Waals surface area contributed by atoms with Crippen molar-refractivity contribution in [1.82, 2.24) is 15.3 Å². The minimum atomic E-state index is -0.143. The lowest BCUT2D eigenvalue weighted by Crippen LogP contribution is -2.35. The summed E-state index contributed by atoms with van der Waals surface area (Å²) in [5, 5.41) is 4.47. The van der Waals surface area contributed by atoms with Crippen LogP contribution in [0.15, 0.2) is 23.0 Å². The molecule has 2 aromatic rings. The molecule has 1 saturated carbocycles. The quantitative estimate of drug-likeness (QED) is 0.812. The molecule has 3 rings (SSSR count). The van der Waals surface area contributed by atoms with Crippen LogP contribution in [0.2, 0.25) is 0 Å². The van der Waals surface area contributed by atoms with Crippen LogP contribution in [0.1, 0.15) is 37.8 Å². The van der Waals surface area contributed by atoms with Crippen LogP contribution in [0.5, 0.6) is 0 Å². The van der Waals surface area contributed by atoms with Crippen LogP contribution in [-0.2, 0) is 0 Å². The number of imidazole rings is 1. The van der Waals surface area contributed by atoms with E-state index in [1.165, 1.54) is 24.8 Å². The molecule has 5 heteroatoms. The third kappa shape index (κ3) is 2.65. The van der Waals surface area contributed by atoms with Gasteiger partial charge in [-0.05, 0) is 43.7 Å².